The van der Waals surface area contributed by atoms with Crippen LogP contribution in [0.4, 0.5) is 0 Å². The van der Waals surface area contributed by atoms with Crippen LogP contribution in [0.5, 0.6) is 11.5 Å². The molecule has 0 atom stereocenters. The summed E-state index contributed by atoms with van der Waals surface area (Å²) < 4.78 is 17.5. The minimum absolute atomic E-state index is 0.122. The van der Waals surface area contributed by atoms with Gasteiger partial charge in [-0.15, -0.1) is 0 Å². The largest absolute Gasteiger partial charge is 0.497 e. The zero-order valence-electron chi connectivity index (χ0n) is 16.3. The third-order valence-electron chi connectivity index (χ3n) is 5.25. The maximum atomic E-state index is 13.4. The summed E-state index contributed by atoms with van der Waals surface area (Å²) in [5.74, 6) is 1.67. The molecule has 0 aromatic heterocycles. The number of halogens is 1. The average molecular weight is 448 g/mol. The van der Waals surface area contributed by atoms with Crippen LogP contribution in [-0.4, -0.2) is 51.3 Å². The number of carbonyl (C=O) groups is 1. The van der Waals surface area contributed by atoms with Gasteiger partial charge < -0.3 is 19.1 Å². The first-order valence-corrected chi connectivity index (χ1v) is 10.2. The highest BCUT2D eigenvalue weighted by molar-refractivity contribution is 9.10. The van der Waals surface area contributed by atoms with E-state index in [1.807, 2.05) is 55.6 Å². The topological polar surface area (TPSA) is 48.0 Å². The molecule has 0 unspecified atom stereocenters. The molecule has 2 aromatic rings. The van der Waals surface area contributed by atoms with Crippen molar-refractivity contribution in [2.24, 2.45) is 0 Å². The highest BCUT2D eigenvalue weighted by Gasteiger charge is 2.43. The minimum Gasteiger partial charge on any atom is -0.497 e. The Hall–Kier alpha value is -2.05. The molecule has 1 amide bonds. The van der Waals surface area contributed by atoms with E-state index in [2.05, 4.69) is 15.9 Å². The van der Waals surface area contributed by atoms with Gasteiger partial charge in [0.25, 0.3) is 0 Å². The average Bonchev–Trinajstić information content (AvgIpc) is 2.74. The number of methoxy groups -OCH3 is 1. The van der Waals surface area contributed by atoms with E-state index in [1.165, 1.54) is 0 Å². The van der Waals surface area contributed by atoms with Gasteiger partial charge >= 0.3 is 0 Å². The molecular formula is C22H26BrNO4. The standard InChI is InChI=1S/C22H26BrNO4/c1-24(13-16-28-20-9-7-19(26-2)8-10-20)21(25)22(11-14-27-15-12-22)17-3-5-18(23)6-4-17/h3-10H,11-16H2,1-2H3. The highest BCUT2D eigenvalue weighted by Crippen LogP contribution is 2.37. The fourth-order valence-corrected chi connectivity index (χ4v) is 3.82. The summed E-state index contributed by atoms with van der Waals surface area (Å²) in [6, 6.07) is 15.5. The van der Waals surface area contributed by atoms with E-state index in [0.717, 1.165) is 21.5 Å². The normalized spacial score (nSPS) is 15.7. The third kappa shape index (κ3) is 4.67. The van der Waals surface area contributed by atoms with Crippen molar-refractivity contribution in [2.75, 3.05) is 40.5 Å². The maximum absolute atomic E-state index is 13.4. The van der Waals surface area contributed by atoms with Crippen LogP contribution in [0.2, 0.25) is 0 Å². The summed E-state index contributed by atoms with van der Waals surface area (Å²) in [6.07, 6.45) is 1.38. The van der Waals surface area contributed by atoms with Crippen LogP contribution in [0.3, 0.4) is 0 Å². The Bertz CT molecular complexity index is 770. The first-order chi connectivity index (χ1) is 13.5. The van der Waals surface area contributed by atoms with Crippen molar-refractivity contribution in [3.05, 3.63) is 58.6 Å². The molecule has 3 rings (SSSR count). The molecule has 2 aromatic carbocycles. The van der Waals surface area contributed by atoms with Crippen molar-refractivity contribution in [1.82, 2.24) is 4.90 Å². The Labute approximate surface area is 174 Å². The predicted octanol–water partition coefficient (Wildman–Crippen LogP) is 4.04. The van der Waals surface area contributed by atoms with E-state index < -0.39 is 5.41 Å². The molecule has 0 bridgehead atoms. The summed E-state index contributed by atoms with van der Waals surface area (Å²) in [5, 5.41) is 0. The van der Waals surface area contributed by atoms with Crippen molar-refractivity contribution in [3.8, 4) is 11.5 Å². The number of amides is 1. The fraction of sp³-hybridized carbons (Fsp3) is 0.409. The lowest BCUT2D eigenvalue weighted by Crippen LogP contribution is -2.49. The first-order valence-electron chi connectivity index (χ1n) is 9.41. The summed E-state index contributed by atoms with van der Waals surface area (Å²) in [7, 11) is 3.48. The number of hydrogen-bond donors (Lipinski definition) is 0. The molecule has 1 aliphatic heterocycles. The van der Waals surface area contributed by atoms with Gasteiger partial charge in [-0.3, -0.25) is 4.79 Å². The molecule has 1 saturated heterocycles. The minimum atomic E-state index is -0.534. The molecule has 6 heteroatoms. The molecule has 1 aliphatic rings. The smallest absolute Gasteiger partial charge is 0.233 e. The van der Waals surface area contributed by atoms with Crippen LogP contribution in [0.25, 0.3) is 0 Å². The van der Waals surface area contributed by atoms with Crippen molar-refractivity contribution in [1.29, 1.82) is 0 Å². The lowest BCUT2D eigenvalue weighted by atomic mass is 9.73. The second kappa shape index (κ2) is 9.43. The highest BCUT2D eigenvalue weighted by atomic mass is 79.9. The maximum Gasteiger partial charge on any atom is 0.233 e. The van der Waals surface area contributed by atoms with Crippen LogP contribution in [-0.2, 0) is 14.9 Å². The molecule has 1 heterocycles. The lowest BCUT2D eigenvalue weighted by molar-refractivity contribution is -0.140. The van der Waals surface area contributed by atoms with Crippen molar-refractivity contribution in [2.45, 2.75) is 18.3 Å². The van der Waals surface area contributed by atoms with Gasteiger partial charge in [-0.2, -0.15) is 0 Å². The van der Waals surface area contributed by atoms with E-state index in [1.54, 1.807) is 12.0 Å². The summed E-state index contributed by atoms with van der Waals surface area (Å²) >= 11 is 3.47. The fourth-order valence-electron chi connectivity index (χ4n) is 3.55. The Morgan fingerprint density at radius 1 is 1.07 bits per heavy atom. The van der Waals surface area contributed by atoms with E-state index in [4.69, 9.17) is 14.2 Å². The quantitative estimate of drug-likeness (QED) is 0.642. The van der Waals surface area contributed by atoms with Gasteiger partial charge in [0.05, 0.1) is 19.1 Å². The van der Waals surface area contributed by atoms with E-state index in [9.17, 15) is 4.79 Å². The van der Waals surface area contributed by atoms with Crippen LogP contribution >= 0.6 is 15.9 Å². The number of nitrogens with zero attached hydrogens (tertiary/aromatic N) is 1. The molecule has 1 fully saturated rings. The zero-order valence-corrected chi connectivity index (χ0v) is 17.9. The van der Waals surface area contributed by atoms with Crippen molar-refractivity contribution >= 4 is 21.8 Å². The Morgan fingerprint density at radius 2 is 1.68 bits per heavy atom. The first kappa shape index (κ1) is 20.7. The second-order valence-corrected chi connectivity index (χ2v) is 7.87. The molecular weight excluding hydrogens is 422 g/mol. The van der Waals surface area contributed by atoms with Gasteiger partial charge in [-0.1, -0.05) is 28.1 Å². The van der Waals surface area contributed by atoms with Crippen molar-refractivity contribution in [3.63, 3.8) is 0 Å². The Morgan fingerprint density at radius 3 is 2.29 bits per heavy atom. The SMILES string of the molecule is COc1ccc(OCCN(C)C(=O)C2(c3ccc(Br)cc3)CCOCC2)cc1. The predicted molar refractivity (Wildman–Crippen MR) is 112 cm³/mol. The summed E-state index contributed by atoms with van der Waals surface area (Å²) in [4.78, 5) is 15.2. The lowest BCUT2D eigenvalue weighted by Gasteiger charge is -2.39. The van der Waals surface area contributed by atoms with Gasteiger partial charge in [0.15, 0.2) is 0 Å². The van der Waals surface area contributed by atoms with Crippen molar-refractivity contribution < 1.29 is 19.0 Å². The molecule has 0 aliphatic carbocycles. The number of ether oxygens (including phenoxy) is 3. The number of benzene rings is 2. The number of carbonyl (C=O) groups excluding carboxylic acids is 1. The van der Waals surface area contributed by atoms with Gasteiger partial charge in [-0.25, -0.2) is 0 Å². The monoisotopic (exact) mass is 447 g/mol. The van der Waals surface area contributed by atoms with Gasteiger partial charge in [-0.05, 0) is 54.8 Å². The molecule has 0 saturated carbocycles. The number of likely N-dealkylation sites (N-methyl/N-ethyl adjacent to an activating group) is 1. The van der Waals surface area contributed by atoms with Gasteiger partial charge in [0, 0.05) is 24.7 Å². The number of hydrogen-bond acceptors (Lipinski definition) is 4. The molecule has 0 N–H and O–H groups in total. The van der Waals surface area contributed by atoms with Crippen LogP contribution in [0, 0.1) is 0 Å². The van der Waals surface area contributed by atoms with E-state index in [0.29, 0.717) is 39.2 Å². The molecule has 28 heavy (non-hydrogen) atoms. The molecule has 5 nitrogen and oxygen atoms in total. The molecule has 0 spiro atoms. The Kier molecular flexibility index (Phi) is 6.97. The van der Waals surface area contributed by atoms with Gasteiger partial charge in [0.1, 0.15) is 18.1 Å². The summed E-state index contributed by atoms with van der Waals surface area (Å²) in [6.45, 7) is 2.14. The van der Waals surface area contributed by atoms with Gasteiger partial charge in [0.2, 0.25) is 5.91 Å². The van der Waals surface area contributed by atoms with Crippen LogP contribution in [0.1, 0.15) is 18.4 Å². The second-order valence-electron chi connectivity index (χ2n) is 6.95. The third-order valence-corrected chi connectivity index (χ3v) is 5.78. The molecule has 150 valence electrons. The Balaban J connectivity index is 1.65. The number of rotatable bonds is 7. The summed E-state index contributed by atoms with van der Waals surface area (Å²) in [5.41, 5.74) is 0.514. The van der Waals surface area contributed by atoms with Crippen LogP contribution < -0.4 is 9.47 Å². The molecule has 0 radical (unpaired) electrons. The zero-order chi connectivity index (χ0) is 20.0. The van der Waals surface area contributed by atoms with E-state index in [-0.39, 0.29) is 5.91 Å². The van der Waals surface area contributed by atoms with Crippen LogP contribution in [0.15, 0.2) is 53.0 Å². The van der Waals surface area contributed by atoms with E-state index >= 15 is 0 Å².